The molecule has 0 atom stereocenters. The molecule has 3 aromatic rings. The number of aromatic nitrogens is 1. The Hall–Kier alpha value is -3.03. The lowest BCUT2D eigenvalue weighted by Gasteiger charge is -2.26. The van der Waals surface area contributed by atoms with Crippen LogP contribution in [0.3, 0.4) is 0 Å². The standard InChI is InChI=1S/C23H26ClN5O2/c1-28(23(25)26)22(30)19-13-17-18(24)9-10-20(21(17)27-19)31-16-7-5-15(6-8-16)14-29-11-3-2-4-12-29/h5-10,13,27H,2-4,11-12,14H2,1H3,(H3,25,26). The molecule has 1 aliphatic heterocycles. The first-order valence-corrected chi connectivity index (χ1v) is 10.7. The first-order chi connectivity index (χ1) is 14.9. The van der Waals surface area contributed by atoms with Crippen molar-refractivity contribution in [1.29, 1.82) is 5.41 Å². The van der Waals surface area contributed by atoms with Crippen molar-refractivity contribution in [2.45, 2.75) is 25.8 Å². The molecule has 2 heterocycles. The van der Waals surface area contributed by atoms with E-state index in [1.54, 1.807) is 18.2 Å². The molecule has 7 nitrogen and oxygen atoms in total. The van der Waals surface area contributed by atoms with Gasteiger partial charge in [-0.15, -0.1) is 0 Å². The molecule has 2 aromatic carbocycles. The fraction of sp³-hybridized carbons (Fsp3) is 0.304. The molecule has 1 saturated heterocycles. The highest BCUT2D eigenvalue weighted by Gasteiger charge is 2.19. The lowest BCUT2D eigenvalue weighted by atomic mass is 10.1. The van der Waals surface area contributed by atoms with Crippen LogP contribution in [0.2, 0.25) is 5.02 Å². The van der Waals surface area contributed by atoms with Crippen molar-refractivity contribution in [3.05, 3.63) is 58.7 Å². The summed E-state index contributed by atoms with van der Waals surface area (Å²) in [6.45, 7) is 3.28. The predicted octanol–water partition coefficient (Wildman–Crippen LogP) is 4.56. The highest BCUT2D eigenvalue weighted by molar-refractivity contribution is 6.35. The van der Waals surface area contributed by atoms with Crippen LogP contribution in [0.4, 0.5) is 0 Å². The van der Waals surface area contributed by atoms with Crippen molar-refractivity contribution in [2.75, 3.05) is 20.1 Å². The number of H-pyrrole nitrogens is 1. The van der Waals surface area contributed by atoms with Gasteiger partial charge < -0.3 is 15.5 Å². The van der Waals surface area contributed by atoms with Crippen LogP contribution < -0.4 is 10.5 Å². The number of aromatic amines is 1. The Morgan fingerprint density at radius 1 is 1.19 bits per heavy atom. The fourth-order valence-corrected chi connectivity index (χ4v) is 4.03. The number of amides is 1. The number of halogens is 1. The predicted molar refractivity (Wildman–Crippen MR) is 123 cm³/mol. The van der Waals surface area contributed by atoms with Gasteiger partial charge in [0.25, 0.3) is 5.91 Å². The largest absolute Gasteiger partial charge is 0.455 e. The molecule has 0 spiro atoms. The number of hydrogen-bond donors (Lipinski definition) is 3. The topological polar surface area (TPSA) is 98.4 Å². The molecule has 0 saturated carbocycles. The van der Waals surface area contributed by atoms with Crippen LogP contribution in [0, 0.1) is 5.41 Å². The quantitative estimate of drug-likeness (QED) is 0.400. The number of hydrogen-bond acceptors (Lipinski definition) is 4. The van der Waals surface area contributed by atoms with Crippen molar-refractivity contribution in [1.82, 2.24) is 14.8 Å². The SMILES string of the molecule is CN(C(=N)N)C(=O)c1cc2c(Cl)ccc(Oc3ccc(CN4CCCCC4)cc3)c2[nH]1. The Kier molecular flexibility index (Phi) is 6.15. The average molecular weight is 440 g/mol. The van der Waals surface area contributed by atoms with Crippen LogP contribution in [0.25, 0.3) is 10.9 Å². The van der Waals surface area contributed by atoms with Gasteiger partial charge in [0.15, 0.2) is 11.7 Å². The second kappa shape index (κ2) is 8.99. The van der Waals surface area contributed by atoms with Crippen LogP contribution in [0.15, 0.2) is 42.5 Å². The van der Waals surface area contributed by atoms with E-state index in [0.717, 1.165) is 24.5 Å². The maximum atomic E-state index is 12.5. The molecule has 4 rings (SSSR count). The molecule has 162 valence electrons. The van der Waals surface area contributed by atoms with E-state index in [0.29, 0.717) is 27.4 Å². The summed E-state index contributed by atoms with van der Waals surface area (Å²) in [5.41, 5.74) is 7.58. The van der Waals surface area contributed by atoms with Crippen LogP contribution in [0.5, 0.6) is 11.5 Å². The van der Waals surface area contributed by atoms with Crippen molar-refractivity contribution in [3.8, 4) is 11.5 Å². The molecule has 0 aliphatic carbocycles. The zero-order valence-electron chi connectivity index (χ0n) is 17.5. The summed E-state index contributed by atoms with van der Waals surface area (Å²) in [7, 11) is 1.45. The molecule has 4 N–H and O–H groups in total. The molecule has 0 unspecified atom stereocenters. The van der Waals surface area contributed by atoms with E-state index >= 15 is 0 Å². The lowest BCUT2D eigenvalue weighted by molar-refractivity contribution is 0.0864. The van der Waals surface area contributed by atoms with Crippen molar-refractivity contribution < 1.29 is 9.53 Å². The van der Waals surface area contributed by atoms with Crippen molar-refractivity contribution >= 4 is 34.4 Å². The lowest BCUT2D eigenvalue weighted by Crippen LogP contribution is -2.38. The Labute approximate surface area is 186 Å². The van der Waals surface area contributed by atoms with Gasteiger partial charge in [-0.25, -0.2) is 0 Å². The van der Waals surface area contributed by atoms with Crippen LogP contribution in [-0.4, -0.2) is 46.8 Å². The minimum Gasteiger partial charge on any atom is -0.455 e. The van der Waals surface area contributed by atoms with Gasteiger partial charge in [-0.05, 0) is 61.8 Å². The third-order valence-electron chi connectivity index (χ3n) is 5.60. The normalized spacial score (nSPS) is 14.5. The highest BCUT2D eigenvalue weighted by atomic mass is 35.5. The fourth-order valence-electron chi connectivity index (χ4n) is 3.82. The number of fused-ring (bicyclic) bond motifs is 1. The number of ether oxygens (including phenoxy) is 1. The van der Waals surface area contributed by atoms with Crippen LogP contribution >= 0.6 is 11.6 Å². The number of carbonyl (C=O) groups is 1. The number of rotatable bonds is 5. The minimum atomic E-state index is -0.423. The smallest absolute Gasteiger partial charge is 0.276 e. The second-order valence-corrected chi connectivity index (χ2v) is 8.26. The number of likely N-dealkylation sites (tertiary alicyclic amines) is 1. The molecule has 31 heavy (non-hydrogen) atoms. The minimum absolute atomic E-state index is 0.280. The van der Waals surface area contributed by atoms with Crippen LogP contribution in [0.1, 0.15) is 35.3 Å². The number of piperidine rings is 1. The van der Waals surface area contributed by atoms with E-state index in [-0.39, 0.29) is 11.7 Å². The van der Waals surface area contributed by atoms with Gasteiger partial charge in [-0.2, -0.15) is 0 Å². The third kappa shape index (κ3) is 4.68. The van der Waals surface area contributed by atoms with Gasteiger partial charge in [0, 0.05) is 19.0 Å². The van der Waals surface area contributed by atoms with E-state index < -0.39 is 5.91 Å². The number of carbonyl (C=O) groups excluding carboxylic acids is 1. The zero-order valence-corrected chi connectivity index (χ0v) is 18.2. The van der Waals surface area contributed by atoms with E-state index in [1.807, 2.05) is 12.1 Å². The molecular formula is C23H26ClN5O2. The maximum Gasteiger partial charge on any atom is 0.276 e. The summed E-state index contributed by atoms with van der Waals surface area (Å²) in [6, 6.07) is 13.2. The molecule has 1 amide bonds. The summed E-state index contributed by atoms with van der Waals surface area (Å²) in [5, 5.41) is 8.63. The molecule has 0 bridgehead atoms. The van der Waals surface area contributed by atoms with Crippen molar-refractivity contribution in [2.24, 2.45) is 5.73 Å². The Bertz CT molecular complexity index is 1100. The summed E-state index contributed by atoms with van der Waals surface area (Å²) in [4.78, 5) is 19.1. The summed E-state index contributed by atoms with van der Waals surface area (Å²) < 4.78 is 6.10. The molecular weight excluding hydrogens is 414 g/mol. The monoisotopic (exact) mass is 439 g/mol. The summed E-state index contributed by atoms with van der Waals surface area (Å²) >= 11 is 6.33. The molecule has 0 radical (unpaired) electrons. The van der Waals surface area contributed by atoms with E-state index in [1.165, 1.54) is 31.9 Å². The molecule has 8 heteroatoms. The number of nitrogens with two attached hydrogens (primary N) is 1. The molecule has 1 fully saturated rings. The number of guanidine groups is 1. The van der Waals surface area contributed by atoms with Gasteiger partial charge in [-0.1, -0.05) is 30.2 Å². The van der Waals surface area contributed by atoms with Gasteiger partial charge in [0.2, 0.25) is 0 Å². The Morgan fingerprint density at radius 2 is 1.90 bits per heavy atom. The number of nitrogens with zero attached hydrogens (tertiary/aromatic N) is 2. The zero-order chi connectivity index (χ0) is 22.0. The maximum absolute atomic E-state index is 12.5. The van der Waals surface area contributed by atoms with Crippen LogP contribution in [-0.2, 0) is 6.54 Å². The van der Waals surface area contributed by atoms with Crippen molar-refractivity contribution in [3.63, 3.8) is 0 Å². The van der Waals surface area contributed by atoms with Gasteiger partial charge >= 0.3 is 0 Å². The Morgan fingerprint density at radius 3 is 2.58 bits per heavy atom. The van der Waals surface area contributed by atoms with Gasteiger partial charge in [0.05, 0.1) is 10.5 Å². The first kappa shape index (κ1) is 21.2. The van der Waals surface area contributed by atoms with E-state index in [9.17, 15) is 4.79 Å². The average Bonchev–Trinajstić information content (AvgIpc) is 3.23. The number of nitrogens with one attached hydrogen (secondary N) is 2. The second-order valence-electron chi connectivity index (χ2n) is 7.85. The van der Waals surface area contributed by atoms with E-state index in [2.05, 4.69) is 22.0 Å². The number of benzene rings is 2. The molecule has 1 aromatic heterocycles. The highest BCUT2D eigenvalue weighted by Crippen LogP contribution is 2.34. The van der Waals surface area contributed by atoms with E-state index in [4.69, 9.17) is 27.5 Å². The molecule has 1 aliphatic rings. The third-order valence-corrected chi connectivity index (χ3v) is 5.93. The summed E-state index contributed by atoms with van der Waals surface area (Å²) in [6.07, 6.45) is 3.88. The summed E-state index contributed by atoms with van der Waals surface area (Å²) in [5.74, 6) is 0.505. The first-order valence-electron chi connectivity index (χ1n) is 10.3. The van der Waals surface area contributed by atoms with Gasteiger partial charge in [-0.3, -0.25) is 20.0 Å². The van der Waals surface area contributed by atoms with Gasteiger partial charge in [0.1, 0.15) is 11.4 Å². The Balaban J connectivity index is 1.54.